The first-order chi connectivity index (χ1) is 11.9. The number of nitrogens with zero attached hydrogens (tertiary/aromatic N) is 2. The van der Waals surface area contributed by atoms with Crippen LogP contribution in [0, 0.1) is 13.8 Å². The van der Waals surface area contributed by atoms with Crippen LogP contribution >= 0.6 is 0 Å². The molecule has 0 aliphatic heterocycles. The molecular weight excluding hydrogens is 318 g/mol. The van der Waals surface area contributed by atoms with Crippen LogP contribution in [0.3, 0.4) is 0 Å². The number of amides is 2. The molecule has 25 heavy (non-hydrogen) atoms. The van der Waals surface area contributed by atoms with E-state index < -0.39 is 5.54 Å². The van der Waals surface area contributed by atoms with E-state index in [1.807, 2.05) is 32.6 Å². The van der Waals surface area contributed by atoms with E-state index in [1.165, 1.54) is 0 Å². The average molecular weight is 349 g/mol. The van der Waals surface area contributed by atoms with Crippen LogP contribution in [0.25, 0.3) is 0 Å². The molecule has 0 saturated heterocycles. The zero-order valence-corrected chi connectivity index (χ0v) is 16.0. The fraction of sp³-hybridized carbons (Fsp3) is 0.737. The lowest BCUT2D eigenvalue weighted by atomic mass is 9.80. The second-order valence-corrected chi connectivity index (χ2v) is 6.97. The number of likely N-dealkylation sites (N-methyl/N-ethyl adjacent to an activating group) is 1. The molecule has 0 aromatic carbocycles. The molecule has 2 amide bonds. The minimum absolute atomic E-state index is 0.0672. The van der Waals surface area contributed by atoms with Crippen molar-refractivity contribution in [3.8, 4) is 0 Å². The third-order valence-electron chi connectivity index (χ3n) is 5.33. The molecule has 2 rings (SSSR count). The Hall–Kier alpha value is -1.85. The molecule has 1 N–H and O–H groups in total. The van der Waals surface area contributed by atoms with E-state index in [-0.39, 0.29) is 11.8 Å². The highest BCUT2D eigenvalue weighted by Gasteiger charge is 2.42. The van der Waals surface area contributed by atoms with Gasteiger partial charge in [-0.1, -0.05) is 24.4 Å². The van der Waals surface area contributed by atoms with Gasteiger partial charge in [0.25, 0.3) is 0 Å². The van der Waals surface area contributed by atoms with Crippen LogP contribution in [0.2, 0.25) is 0 Å². The van der Waals surface area contributed by atoms with Gasteiger partial charge in [-0.3, -0.25) is 9.59 Å². The summed E-state index contributed by atoms with van der Waals surface area (Å²) < 4.78 is 5.15. The van der Waals surface area contributed by atoms with E-state index >= 15 is 0 Å². The van der Waals surface area contributed by atoms with Crippen LogP contribution in [0.1, 0.15) is 69.4 Å². The van der Waals surface area contributed by atoms with Crippen molar-refractivity contribution < 1.29 is 14.1 Å². The average Bonchev–Trinajstić information content (AvgIpc) is 2.93. The molecule has 1 saturated carbocycles. The van der Waals surface area contributed by atoms with Crippen molar-refractivity contribution in [1.82, 2.24) is 15.4 Å². The predicted molar refractivity (Wildman–Crippen MR) is 96.2 cm³/mol. The smallest absolute Gasteiger partial charge is 0.248 e. The minimum atomic E-state index is -0.722. The van der Waals surface area contributed by atoms with Crippen molar-refractivity contribution in [2.24, 2.45) is 0 Å². The minimum Gasteiger partial charge on any atom is -0.361 e. The van der Waals surface area contributed by atoms with Gasteiger partial charge in [0, 0.05) is 25.1 Å². The fourth-order valence-corrected chi connectivity index (χ4v) is 3.79. The Morgan fingerprint density at radius 2 is 1.80 bits per heavy atom. The Balaban J connectivity index is 2.06. The Bertz CT molecular complexity index is 580. The molecule has 0 bridgehead atoms. The molecule has 140 valence electrons. The molecule has 0 spiro atoms. The highest BCUT2D eigenvalue weighted by molar-refractivity contribution is 5.91. The highest BCUT2D eigenvalue weighted by Crippen LogP contribution is 2.30. The summed E-state index contributed by atoms with van der Waals surface area (Å²) in [6.45, 7) is 9.06. The van der Waals surface area contributed by atoms with Crippen molar-refractivity contribution in [3.05, 3.63) is 17.0 Å². The number of carbonyl (C=O) groups excluding carboxylic acids is 2. The van der Waals surface area contributed by atoms with Gasteiger partial charge in [-0.05, 0) is 47.0 Å². The molecule has 1 aliphatic carbocycles. The Labute approximate surface area is 150 Å². The van der Waals surface area contributed by atoms with Crippen molar-refractivity contribution >= 4 is 11.8 Å². The maximum Gasteiger partial charge on any atom is 0.248 e. The SMILES string of the molecule is CCN(CC)C(=O)C1(NC(=O)CCc2c(C)noc2C)CCCCC1. The normalized spacial score (nSPS) is 16.5. The van der Waals surface area contributed by atoms with Gasteiger partial charge in [0.15, 0.2) is 0 Å². The van der Waals surface area contributed by atoms with Crippen molar-refractivity contribution in [3.63, 3.8) is 0 Å². The second-order valence-electron chi connectivity index (χ2n) is 6.97. The van der Waals surface area contributed by atoms with E-state index in [0.29, 0.717) is 25.9 Å². The molecule has 1 heterocycles. The van der Waals surface area contributed by atoms with Gasteiger partial charge in [0.2, 0.25) is 11.8 Å². The summed E-state index contributed by atoms with van der Waals surface area (Å²) in [6, 6.07) is 0. The quantitative estimate of drug-likeness (QED) is 0.821. The summed E-state index contributed by atoms with van der Waals surface area (Å²) in [4.78, 5) is 27.5. The van der Waals surface area contributed by atoms with E-state index in [0.717, 1.165) is 49.1 Å². The summed E-state index contributed by atoms with van der Waals surface area (Å²) >= 11 is 0. The lowest BCUT2D eigenvalue weighted by Gasteiger charge is -2.40. The monoisotopic (exact) mass is 349 g/mol. The van der Waals surface area contributed by atoms with Gasteiger partial charge < -0.3 is 14.7 Å². The van der Waals surface area contributed by atoms with Gasteiger partial charge in [-0.2, -0.15) is 0 Å². The summed E-state index contributed by atoms with van der Waals surface area (Å²) in [5.74, 6) is 0.766. The standard InChI is InChI=1S/C19H31N3O3/c1-5-22(6-2)18(24)19(12-8-7-9-13-19)20-17(23)11-10-16-14(3)21-25-15(16)4/h5-13H2,1-4H3,(H,20,23). The summed E-state index contributed by atoms with van der Waals surface area (Å²) in [5.41, 5.74) is 1.10. The molecule has 1 aliphatic rings. The molecule has 6 heteroatoms. The van der Waals surface area contributed by atoms with Crippen molar-refractivity contribution in [2.75, 3.05) is 13.1 Å². The molecule has 1 aromatic heterocycles. The fourth-order valence-electron chi connectivity index (χ4n) is 3.79. The lowest BCUT2D eigenvalue weighted by Crippen LogP contribution is -2.60. The maximum absolute atomic E-state index is 13.0. The van der Waals surface area contributed by atoms with Gasteiger partial charge >= 0.3 is 0 Å². The van der Waals surface area contributed by atoms with Crippen molar-refractivity contribution in [1.29, 1.82) is 0 Å². The molecule has 6 nitrogen and oxygen atoms in total. The second kappa shape index (κ2) is 8.50. The number of aryl methyl sites for hydroxylation is 2. The van der Waals surface area contributed by atoms with Gasteiger partial charge in [0.05, 0.1) is 5.69 Å². The molecular formula is C19H31N3O3. The third-order valence-corrected chi connectivity index (χ3v) is 5.33. The Morgan fingerprint density at radius 1 is 1.16 bits per heavy atom. The maximum atomic E-state index is 13.0. The zero-order chi connectivity index (χ0) is 18.4. The number of hydrogen-bond acceptors (Lipinski definition) is 4. The first-order valence-corrected chi connectivity index (χ1v) is 9.45. The molecule has 0 unspecified atom stereocenters. The van der Waals surface area contributed by atoms with Crippen LogP contribution in [0.5, 0.6) is 0 Å². The van der Waals surface area contributed by atoms with Crippen LogP contribution in [0.15, 0.2) is 4.52 Å². The van der Waals surface area contributed by atoms with E-state index in [4.69, 9.17) is 4.52 Å². The predicted octanol–water partition coefficient (Wildman–Crippen LogP) is 2.91. The van der Waals surface area contributed by atoms with E-state index in [2.05, 4.69) is 10.5 Å². The first kappa shape index (κ1) is 19.5. The topological polar surface area (TPSA) is 75.4 Å². The van der Waals surface area contributed by atoms with Crippen molar-refractivity contribution in [2.45, 2.75) is 78.2 Å². The number of carbonyl (C=O) groups is 2. The zero-order valence-electron chi connectivity index (χ0n) is 16.0. The Morgan fingerprint density at radius 3 is 2.32 bits per heavy atom. The van der Waals surface area contributed by atoms with Gasteiger partial charge in [-0.25, -0.2) is 0 Å². The molecule has 1 fully saturated rings. The largest absolute Gasteiger partial charge is 0.361 e. The van der Waals surface area contributed by atoms with Crippen LogP contribution in [-0.2, 0) is 16.0 Å². The van der Waals surface area contributed by atoms with E-state index in [1.54, 1.807) is 0 Å². The van der Waals surface area contributed by atoms with E-state index in [9.17, 15) is 9.59 Å². The van der Waals surface area contributed by atoms with Gasteiger partial charge in [-0.15, -0.1) is 0 Å². The summed E-state index contributed by atoms with van der Waals surface area (Å²) in [5, 5.41) is 7.03. The number of aromatic nitrogens is 1. The number of hydrogen-bond donors (Lipinski definition) is 1. The number of rotatable bonds is 7. The van der Waals surface area contributed by atoms with Crippen LogP contribution in [-0.4, -0.2) is 40.5 Å². The molecule has 1 aromatic rings. The first-order valence-electron chi connectivity index (χ1n) is 9.45. The van der Waals surface area contributed by atoms with Gasteiger partial charge in [0.1, 0.15) is 11.3 Å². The summed E-state index contributed by atoms with van der Waals surface area (Å²) in [6.07, 6.45) is 5.49. The van der Waals surface area contributed by atoms with Crippen LogP contribution in [0.4, 0.5) is 0 Å². The lowest BCUT2D eigenvalue weighted by molar-refractivity contribution is -0.143. The summed E-state index contributed by atoms with van der Waals surface area (Å²) in [7, 11) is 0. The number of nitrogens with one attached hydrogen (secondary N) is 1. The Kier molecular flexibility index (Phi) is 6.62. The highest BCUT2D eigenvalue weighted by atomic mass is 16.5. The molecule has 0 radical (unpaired) electrons. The third kappa shape index (κ3) is 4.41. The molecule has 0 atom stereocenters. The van der Waals surface area contributed by atoms with Crippen LogP contribution < -0.4 is 5.32 Å².